The van der Waals surface area contributed by atoms with E-state index in [4.69, 9.17) is 0 Å². The highest BCUT2D eigenvalue weighted by Crippen LogP contribution is 2.17. The zero-order chi connectivity index (χ0) is 20.1. The average molecular weight is 389 g/mol. The predicted octanol–water partition coefficient (Wildman–Crippen LogP) is 3.68. The van der Waals surface area contributed by atoms with Crippen LogP contribution >= 0.6 is 0 Å². The van der Waals surface area contributed by atoms with Gasteiger partial charge in [0.15, 0.2) is 0 Å². The molecule has 0 bridgehead atoms. The molecule has 0 radical (unpaired) electrons. The summed E-state index contributed by atoms with van der Waals surface area (Å²) in [5.41, 5.74) is 3.43. The number of H-pyrrole nitrogens is 1. The molecular weight excluding hydrogens is 369 g/mol. The van der Waals surface area contributed by atoms with E-state index in [0.717, 1.165) is 28.5 Å². The molecule has 146 valence electrons. The normalized spacial score (nSPS) is 10.8. The Morgan fingerprint density at radius 3 is 2.76 bits per heavy atom. The molecule has 0 atom stereocenters. The van der Waals surface area contributed by atoms with Gasteiger partial charge in [-0.2, -0.15) is 0 Å². The molecular formula is C22H20FN5O. The summed E-state index contributed by atoms with van der Waals surface area (Å²) < 4.78 is 13.0. The number of rotatable bonds is 7. The number of nitrogens with one attached hydrogen (secondary N) is 3. The summed E-state index contributed by atoms with van der Waals surface area (Å²) in [6, 6.07) is 15.8. The van der Waals surface area contributed by atoms with Gasteiger partial charge in [-0.15, -0.1) is 0 Å². The lowest BCUT2D eigenvalue weighted by Crippen LogP contribution is -2.26. The lowest BCUT2D eigenvalue weighted by atomic mass is 10.1. The van der Waals surface area contributed by atoms with Gasteiger partial charge in [-0.3, -0.25) is 4.79 Å². The van der Waals surface area contributed by atoms with Crippen LogP contribution in [-0.4, -0.2) is 27.4 Å². The van der Waals surface area contributed by atoms with Crippen molar-refractivity contribution < 1.29 is 9.18 Å². The van der Waals surface area contributed by atoms with E-state index in [1.165, 1.54) is 18.3 Å². The van der Waals surface area contributed by atoms with Gasteiger partial charge in [0.1, 0.15) is 11.5 Å². The highest BCUT2D eigenvalue weighted by molar-refractivity contribution is 5.92. The van der Waals surface area contributed by atoms with Crippen LogP contribution in [0, 0.1) is 5.82 Å². The number of carbonyl (C=O) groups excluding carboxylic acids is 1. The van der Waals surface area contributed by atoms with Crippen molar-refractivity contribution >= 4 is 22.8 Å². The summed E-state index contributed by atoms with van der Waals surface area (Å²) in [5, 5.41) is 7.11. The Kier molecular flexibility index (Phi) is 5.47. The predicted molar refractivity (Wildman–Crippen MR) is 110 cm³/mol. The van der Waals surface area contributed by atoms with Crippen molar-refractivity contribution in [2.45, 2.75) is 13.0 Å². The highest BCUT2D eigenvalue weighted by atomic mass is 19.1. The Morgan fingerprint density at radius 2 is 1.90 bits per heavy atom. The summed E-state index contributed by atoms with van der Waals surface area (Å²) in [6.07, 6.45) is 4.23. The molecule has 6 nitrogen and oxygen atoms in total. The van der Waals surface area contributed by atoms with Gasteiger partial charge in [-0.1, -0.05) is 30.3 Å². The number of hydrogen-bond donors (Lipinski definition) is 3. The van der Waals surface area contributed by atoms with Crippen LogP contribution in [0.4, 0.5) is 10.3 Å². The Labute approximate surface area is 167 Å². The second-order valence-electron chi connectivity index (χ2n) is 6.61. The fraction of sp³-hybridized carbons (Fsp3) is 0.136. The number of hydrogen-bond acceptors (Lipinski definition) is 4. The third-order valence-corrected chi connectivity index (χ3v) is 4.61. The standard InChI is InChI=1S/C22H20FN5O/c23-17-7-5-15(6-8-17)13-27-22-25-12-10-20(28-22)21(29)24-11-9-16-14-26-19-4-2-1-3-18(16)19/h1-8,10,12,14,26H,9,11,13H2,(H,24,29)(H,25,27,28). The van der Waals surface area contributed by atoms with Crippen LogP contribution in [0.1, 0.15) is 21.6 Å². The number of aromatic amines is 1. The molecule has 0 aliphatic rings. The first-order chi connectivity index (χ1) is 14.2. The SMILES string of the molecule is O=C(NCCc1c[nH]c2ccccc12)c1ccnc(NCc2ccc(F)cc2)n1. The van der Waals surface area contributed by atoms with Crippen molar-refractivity contribution in [2.24, 2.45) is 0 Å². The largest absolute Gasteiger partial charge is 0.361 e. The number of para-hydroxylation sites is 1. The molecule has 1 amide bonds. The molecule has 0 unspecified atom stereocenters. The van der Waals surface area contributed by atoms with E-state index in [1.807, 2.05) is 24.4 Å². The first-order valence-corrected chi connectivity index (χ1v) is 9.33. The summed E-state index contributed by atoms with van der Waals surface area (Å²) in [6.45, 7) is 0.939. The third-order valence-electron chi connectivity index (χ3n) is 4.61. The molecule has 0 aliphatic carbocycles. The van der Waals surface area contributed by atoms with Gasteiger partial charge in [-0.25, -0.2) is 14.4 Å². The molecule has 2 heterocycles. The molecule has 0 saturated heterocycles. The van der Waals surface area contributed by atoms with E-state index in [9.17, 15) is 9.18 Å². The minimum atomic E-state index is -0.281. The lowest BCUT2D eigenvalue weighted by molar-refractivity contribution is 0.0949. The zero-order valence-electron chi connectivity index (χ0n) is 15.7. The second kappa shape index (κ2) is 8.52. The Balaban J connectivity index is 1.32. The molecule has 4 aromatic rings. The van der Waals surface area contributed by atoms with Crippen molar-refractivity contribution in [1.29, 1.82) is 0 Å². The van der Waals surface area contributed by atoms with Crippen LogP contribution in [-0.2, 0) is 13.0 Å². The van der Waals surface area contributed by atoms with Gasteiger partial charge < -0.3 is 15.6 Å². The minimum Gasteiger partial charge on any atom is -0.361 e. The van der Waals surface area contributed by atoms with Crippen molar-refractivity contribution in [3.05, 3.63) is 89.6 Å². The minimum absolute atomic E-state index is 0.253. The molecule has 0 aliphatic heterocycles. The maximum Gasteiger partial charge on any atom is 0.270 e. The first kappa shape index (κ1) is 18.6. The summed E-state index contributed by atoms with van der Waals surface area (Å²) in [7, 11) is 0. The highest BCUT2D eigenvalue weighted by Gasteiger charge is 2.09. The molecule has 2 aromatic heterocycles. The van der Waals surface area contributed by atoms with Gasteiger partial charge in [0, 0.05) is 36.4 Å². The van der Waals surface area contributed by atoms with E-state index in [1.54, 1.807) is 18.2 Å². The number of anilines is 1. The Bertz CT molecular complexity index is 1120. The van der Waals surface area contributed by atoms with Crippen LogP contribution in [0.15, 0.2) is 67.0 Å². The number of carbonyl (C=O) groups is 1. The Hall–Kier alpha value is -3.74. The molecule has 2 aromatic carbocycles. The van der Waals surface area contributed by atoms with Gasteiger partial charge in [0.25, 0.3) is 5.91 Å². The topological polar surface area (TPSA) is 82.7 Å². The molecule has 0 fully saturated rings. The van der Waals surface area contributed by atoms with Gasteiger partial charge in [0.05, 0.1) is 0 Å². The maximum atomic E-state index is 13.0. The third kappa shape index (κ3) is 4.57. The molecule has 0 saturated carbocycles. The smallest absolute Gasteiger partial charge is 0.270 e. The van der Waals surface area contributed by atoms with Crippen LogP contribution in [0.3, 0.4) is 0 Å². The van der Waals surface area contributed by atoms with Crippen LogP contribution in [0.5, 0.6) is 0 Å². The number of nitrogens with zero attached hydrogens (tertiary/aromatic N) is 2. The quantitative estimate of drug-likeness (QED) is 0.450. The fourth-order valence-electron chi connectivity index (χ4n) is 3.09. The Morgan fingerprint density at radius 1 is 1.07 bits per heavy atom. The average Bonchev–Trinajstić information content (AvgIpc) is 3.17. The van der Waals surface area contributed by atoms with Crippen molar-refractivity contribution in [3.8, 4) is 0 Å². The zero-order valence-corrected chi connectivity index (χ0v) is 15.7. The number of amides is 1. The lowest BCUT2D eigenvalue weighted by Gasteiger charge is -2.07. The van der Waals surface area contributed by atoms with Crippen molar-refractivity contribution in [2.75, 3.05) is 11.9 Å². The van der Waals surface area contributed by atoms with Gasteiger partial charge in [0.2, 0.25) is 5.95 Å². The van der Waals surface area contributed by atoms with Crippen molar-refractivity contribution in [1.82, 2.24) is 20.3 Å². The van der Waals surface area contributed by atoms with Gasteiger partial charge >= 0.3 is 0 Å². The summed E-state index contributed by atoms with van der Waals surface area (Å²) in [5.74, 6) is -0.188. The van der Waals surface area contributed by atoms with E-state index in [2.05, 4.69) is 31.7 Å². The number of benzene rings is 2. The van der Waals surface area contributed by atoms with Crippen molar-refractivity contribution in [3.63, 3.8) is 0 Å². The molecule has 7 heteroatoms. The van der Waals surface area contributed by atoms with Gasteiger partial charge in [-0.05, 0) is 41.8 Å². The maximum absolute atomic E-state index is 13.0. The van der Waals surface area contributed by atoms with E-state index in [0.29, 0.717) is 24.7 Å². The van der Waals surface area contributed by atoms with E-state index >= 15 is 0 Å². The number of aromatic nitrogens is 3. The van der Waals surface area contributed by atoms with Crippen LogP contribution < -0.4 is 10.6 Å². The fourth-order valence-corrected chi connectivity index (χ4v) is 3.09. The van der Waals surface area contributed by atoms with Crippen LogP contribution in [0.2, 0.25) is 0 Å². The van der Waals surface area contributed by atoms with E-state index < -0.39 is 0 Å². The summed E-state index contributed by atoms with van der Waals surface area (Å²) in [4.78, 5) is 24.0. The molecule has 29 heavy (non-hydrogen) atoms. The first-order valence-electron chi connectivity index (χ1n) is 9.33. The second-order valence-corrected chi connectivity index (χ2v) is 6.61. The summed E-state index contributed by atoms with van der Waals surface area (Å²) >= 11 is 0. The van der Waals surface area contributed by atoms with E-state index in [-0.39, 0.29) is 11.7 Å². The number of halogens is 1. The number of fused-ring (bicyclic) bond motifs is 1. The molecule has 3 N–H and O–H groups in total. The monoisotopic (exact) mass is 389 g/mol. The molecule has 0 spiro atoms. The molecule has 4 rings (SSSR count). The van der Waals surface area contributed by atoms with Crippen LogP contribution in [0.25, 0.3) is 10.9 Å².